The van der Waals surface area contributed by atoms with Gasteiger partial charge in [-0.05, 0) is 29.8 Å². The van der Waals surface area contributed by atoms with E-state index in [1.807, 2.05) is 13.8 Å². The van der Waals surface area contributed by atoms with Crippen molar-refractivity contribution in [3.8, 4) is 0 Å². The van der Waals surface area contributed by atoms with E-state index in [9.17, 15) is 0 Å². The monoisotopic (exact) mass is 236 g/mol. The van der Waals surface area contributed by atoms with Crippen LogP contribution in [0.15, 0.2) is 9.98 Å². The standard InChI is InChI=1S/C6H9BrN2OS/c1-6(2,10-8)5-9-3-4(7)11-5/h3H,8H2,1-2H3. The highest BCUT2D eigenvalue weighted by Gasteiger charge is 2.23. The first-order valence-corrected chi connectivity index (χ1v) is 4.67. The molecule has 0 saturated heterocycles. The summed E-state index contributed by atoms with van der Waals surface area (Å²) in [5.41, 5.74) is -0.489. The van der Waals surface area contributed by atoms with Crippen molar-refractivity contribution in [1.29, 1.82) is 0 Å². The Morgan fingerprint density at radius 1 is 1.73 bits per heavy atom. The van der Waals surface area contributed by atoms with Gasteiger partial charge in [0, 0.05) is 0 Å². The van der Waals surface area contributed by atoms with E-state index >= 15 is 0 Å². The fourth-order valence-corrected chi connectivity index (χ4v) is 1.83. The van der Waals surface area contributed by atoms with Gasteiger partial charge in [0.15, 0.2) is 0 Å². The minimum Gasteiger partial charge on any atom is -0.291 e. The third kappa shape index (κ3) is 1.99. The summed E-state index contributed by atoms with van der Waals surface area (Å²) in [7, 11) is 0. The summed E-state index contributed by atoms with van der Waals surface area (Å²) in [6, 6.07) is 0. The van der Waals surface area contributed by atoms with Crippen LogP contribution < -0.4 is 5.90 Å². The van der Waals surface area contributed by atoms with E-state index in [0.29, 0.717) is 0 Å². The van der Waals surface area contributed by atoms with Crippen molar-refractivity contribution >= 4 is 27.3 Å². The third-order valence-corrected chi connectivity index (χ3v) is 3.07. The van der Waals surface area contributed by atoms with Crippen molar-refractivity contribution in [2.75, 3.05) is 0 Å². The zero-order valence-electron chi connectivity index (χ0n) is 6.30. The van der Waals surface area contributed by atoms with Crippen molar-refractivity contribution in [3.63, 3.8) is 0 Å². The van der Waals surface area contributed by atoms with Gasteiger partial charge in [-0.15, -0.1) is 11.3 Å². The minimum absolute atomic E-state index is 0.489. The maximum absolute atomic E-state index is 5.10. The fraction of sp³-hybridized carbons (Fsp3) is 0.500. The van der Waals surface area contributed by atoms with E-state index in [1.54, 1.807) is 6.20 Å². The van der Waals surface area contributed by atoms with E-state index in [-0.39, 0.29) is 0 Å². The largest absolute Gasteiger partial charge is 0.291 e. The summed E-state index contributed by atoms with van der Waals surface area (Å²) in [4.78, 5) is 8.89. The molecule has 0 atom stereocenters. The van der Waals surface area contributed by atoms with Crippen LogP contribution in [0.25, 0.3) is 0 Å². The Bertz CT molecular complexity index is 248. The van der Waals surface area contributed by atoms with Gasteiger partial charge in [-0.1, -0.05) is 0 Å². The minimum atomic E-state index is -0.489. The number of halogens is 1. The Hall–Kier alpha value is 0.0300. The molecule has 0 amide bonds. The van der Waals surface area contributed by atoms with Crippen LogP contribution in [0.5, 0.6) is 0 Å². The second-order valence-electron chi connectivity index (χ2n) is 2.60. The van der Waals surface area contributed by atoms with Crippen LogP contribution in [0, 0.1) is 0 Å². The van der Waals surface area contributed by atoms with Gasteiger partial charge < -0.3 is 0 Å². The van der Waals surface area contributed by atoms with Crippen LogP contribution in [-0.4, -0.2) is 4.98 Å². The Balaban J connectivity index is 2.92. The molecule has 0 aliphatic rings. The zero-order valence-corrected chi connectivity index (χ0v) is 8.70. The molecule has 0 radical (unpaired) electrons. The van der Waals surface area contributed by atoms with E-state index in [2.05, 4.69) is 20.9 Å². The first kappa shape index (κ1) is 9.12. The Labute approximate surface area is 77.7 Å². The first-order valence-electron chi connectivity index (χ1n) is 3.06. The number of hydrogen-bond donors (Lipinski definition) is 1. The highest BCUT2D eigenvalue weighted by atomic mass is 79.9. The predicted octanol–water partition coefficient (Wildman–Crippen LogP) is 2.03. The van der Waals surface area contributed by atoms with Gasteiger partial charge in [0.2, 0.25) is 0 Å². The lowest BCUT2D eigenvalue weighted by Crippen LogP contribution is -2.24. The molecule has 1 aromatic rings. The lowest BCUT2D eigenvalue weighted by molar-refractivity contribution is -0.0237. The molecule has 5 heteroatoms. The smallest absolute Gasteiger partial charge is 0.135 e. The van der Waals surface area contributed by atoms with Gasteiger partial charge in [0.05, 0.1) is 9.98 Å². The molecule has 11 heavy (non-hydrogen) atoms. The number of rotatable bonds is 2. The molecule has 1 heterocycles. The molecule has 1 aromatic heterocycles. The van der Waals surface area contributed by atoms with Crippen molar-refractivity contribution in [2.45, 2.75) is 19.4 Å². The fourth-order valence-electron chi connectivity index (χ4n) is 0.583. The Kier molecular flexibility index (Phi) is 2.64. The van der Waals surface area contributed by atoms with Crippen molar-refractivity contribution in [3.05, 3.63) is 15.0 Å². The van der Waals surface area contributed by atoms with Crippen LogP contribution in [0.4, 0.5) is 0 Å². The van der Waals surface area contributed by atoms with E-state index < -0.39 is 5.60 Å². The summed E-state index contributed by atoms with van der Waals surface area (Å²) >= 11 is 4.83. The molecule has 0 bridgehead atoms. The SMILES string of the molecule is CC(C)(ON)c1ncc(Br)s1. The molecule has 0 aromatic carbocycles. The average Bonchev–Trinajstić information content (AvgIpc) is 2.36. The first-order chi connectivity index (χ1) is 5.06. The average molecular weight is 237 g/mol. The van der Waals surface area contributed by atoms with Crippen LogP contribution in [0.2, 0.25) is 0 Å². The van der Waals surface area contributed by atoms with Gasteiger partial charge >= 0.3 is 0 Å². The Morgan fingerprint density at radius 2 is 2.36 bits per heavy atom. The molecule has 1 rings (SSSR count). The quantitative estimate of drug-likeness (QED) is 0.800. The lowest BCUT2D eigenvalue weighted by Gasteiger charge is -2.17. The summed E-state index contributed by atoms with van der Waals surface area (Å²) in [5.74, 6) is 5.10. The molecule has 62 valence electrons. The number of nitrogens with zero attached hydrogens (tertiary/aromatic N) is 1. The van der Waals surface area contributed by atoms with Crippen LogP contribution in [-0.2, 0) is 10.4 Å². The molecule has 0 fully saturated rings. The third-order valence-electron chi connectivity index (χ3n) is 1.29. The molecule has 0 unspecified atom stereocenters. The highest BCUT2D eigenvalue weighted by molar-refractivity contribution is 9.11. The zero-order chi connectivity index (χ0) is 8.48. The van der Waals surface area contributed by atoms with Crippen molar-refractivity contribution in [1.82, 2.24) is 4.98 Å². The molecule has 0 aliphatic heterocycles. The lowest BCUT2D eigenvalue weighted by atomic mass is 10.1. The second-order valence-corrected chi connectivity index (χ2v) is 5.01. The molecule has 3 nitrogen and oxygen atoms in total. The number of thiazole rings is 1. The van der Waals surface area contributed by atoms with E-state index in [4.69, 9.17) is 10.7 Å². The molecular formula is C6H9BrN2OS. The van der Waals surface area contributed by atoms with Gasteiger partial charge in [0.25, 0.3) is 0 Å². The summed E-state index contributed by atoms with van der Waals surface area (Å²) in [6.45, 7) is 3.75. The summed E-state index contributed by atoms with van der Waals surface area (Å²) in [6.07, 6.45) is 1.74. The molecule has 0 spiro atoms. The van der Waals surface area contributed by atoms with Crippen LogP contribution in [0.3, 0.4) is 0 Å². The van der Waals surface area contributed by atoms with Crippen LogP contribution >= 0.6 is 27.3 Å². The van der Waals surface area contributed by atoms with E-state index in [0.717, 1.165) is 8.79 Å². The molecular weight excluding hydrogens is 228 g/mol. The van der Waals surface area contributed by atoms with Gasteiger partial charge in [-0.2, -0.15) is 0 Å². The van der Waals surface area contributed by atoms with Gasteiger partial charge in [-0.3, -0.25) is 4.84 Å². The molecule has 2 N–H and O–H groups in total. The highest BCUT2D eigenvalue weighted by Crippen LogP contribution is 2.29. The van der Waals surface area contributed by atoms with Crippen LogP contribution in [0.1, 0.15) is 18.9 Å². The van der Waals surface area contributed by atoms with Crippen molar-refractivity contribution in [2.24, 2.45) is 5.90 Å². The number of aromatic nitrogens is 1. The van der Waals surface area contributed by atoms with Gasteiger partial charge in [-0.25, -0.2) is 10.9 Å². The topological polar surface area (TPSA) is 48.1 Å². The summed E-state index contributed by atoms with van der Waals surface area (Å²) < 4.78 is 0.984. The van der Waals surface area contributed by atoms with E-state index in [1.165, 1.54) is 11.3 Å². The second kappa shape index (κ2) is 3.18. The maximum Gasteiger partial charge on any atom is 0.135 e. The molecule has 0 aliphatic carbocycles. The number of nitrogens with two attached hydrogens (primary N) is 1. The maximum atomic E-state index is 5.10. The predicted molar refractivity (Wildman–Crippen MR) is 48.1 cm³/mol. The Morgan fingerprint density at radius 3 is 2.73 bits per heavy atom. The van der Waals surface area contributed by atoms with Gasteiger partial charge in [0.1, 0.15) is 10.6 Å². The normalized spacial score (nSPS) is 12.0. The van der Waals surface area contributed by atoms with Crippen molar-refractivity contribution < 1.29 is 4.84 Å². The number of hydrogen-bond acceptors (Lipinski definition) is 4. The summed E-state index contributed by atoms with van der Waals surface area (Å²) in [5, 5.41) is 0.867. The molecule has 0 saturated carbocycles.